The number of amides is 3. The van der Waals surface area contributed by atoms with E-state index in [9.17, 15) is 14.4 Å². The van der Waals surface area contributed by atoms with Crippen molar-refractivity contribution in [3.63, 3.8) is 0 Å². The summed E-state index contributed by atoms with van der Waals surface area (Å²) in [6, 6.07) is 14.6. The van der Waals surface area contributed by atoms with E-state index >= 15 is 0 Å². The van der Waals surface area contributed by atoms with Gasteiger partial charge in [-0.05, 0) is 68.7 Å². The van der Waals surface area contributed by atoms with Crippen molar-refractivity contribution in [3.8, 4) is 0 Å². The second-order valence-electron chi connectivity index (χ2n) is 7.18. The largest absolute Gasteiger partial charge is 0.326 e. The number of aryl methyl sites for hydroxylation is 1. The maximum absolute atomic E-state index is 13.2. The number of anilines is 3. The summed E-state index contributed by atoms with van der Waals surface area (Å²) in [5.74, 6) is -0.598. The Balaban J connectivity index is 1.73. The smallest absolute Gasteiger partial charge is 0.242 e. The molecule has 0 radical (unpaired) electrons. The van der Waals surface area contributed by atoms with Crippen LogP contribution in [0.5, 0.6) is 0 Å². The predicted molar refractivity (Wildman–Crippen MR) is 110 cm³/mol. The Labute approximate surface area is 164 Å². The molecule has 1 aliphatic rings. The van der Waals surface area contributed by atoms with Gasteiger partial charge >= 0.3 is 0 Å². The SMILES string of the molecule is CCN(C(=O)C1(C(=O)Nc2ccc(NC(C)=O)cc2)CC1)c1cccc(C)c1. The summed E-state index contributed by atoms with van der Waals surface area (Å²) in [5, 5.41) is 5.53. The van der Waals surface area contributed by atoms with Gasteiger partial charge in [-0.15, -0.1) is 0 Å². The Bertz CT molecular complexity index is 901. The predicted octanol–water partition coefficient (Wildman–Crippen LogP) is 3.73. The van der Waals surface area contributed by atoms with E-state index in [1.54, 1.807) is 29.2 Å². The third-order valence-electron chi connectivity index (χ3n) is 4.93. The molecule has 0 atom stereocenters. The molecule has 0 spiro atoms. The van der Waals surface area contributed by atoms with Gasteiger partial charge in [0, 0.05) is 30.5 Å². The van der Waals surface area contributed by atoms with Gasteiger partial charge in [0.15, 0.2) is 0 Å². The zero-order valence-corrected chi connectivity index (χ0v) is 16.4. The molecule has 3 amide bonds. The molecule has 6 heteroatoms. The zero-order valence-electron chi connectivity index (χ0n) is 16.4. The minimum atomic E-state index is -1.00. The summed E-state index contributed by atoms with van der Waals surface area (Å²) in [5.41, 5.74) is 2.12. The minimum absolute atomic E-state index is 0.157. The lowest BCUT2D eigenvalue weighted by Crippen LogP contribution is -2.43. The molecule has 2 aromatic rings. The van der Waals surface area contributed by atoms with Gasteiger partial charge in [0.2, 0.25) is 17.7 Å². The minimum Gasteiger partial charge on any atom is -0.326 e. The number of hydrogen-bond donors (Lipinski definition) is 2. The van der Waals surface area contributed by atoms with Gasteiger partial charge in [0.05, 0.1) is 0 Å². The molecule has 0 unspecified atom stereocenters. The summed E-state index contributed by atoms with van der Waals surface area (Å²) < 4.78 is 0. The molecule has 3 rings (SSSR count). The van der Waals surface area contributed by atoms with Crippen LogP contribution in [0.1, 0.15) is 32.3 Å². The third kappa shape index (κ3) is 4.06. The van der Waals surface area contributed by atoms with Crippen LogP contribution in [0.25, 0.3) is 0 Å². The van der Waals surface area contributed by atoms with Crippen molar-refractivity contribution in [2.24, 2.45) is 5.41 Å². The molecule has 0 aromatic heterocycles. The van der Waals surface area contributed by atoms with Gasteiger partial charge in [-0.3, -0.25) is 14.4 Å². The molecular weight excluding hydrogens is 354 g/mol. The first kappa shape index (κ1) is 19.6. The molecule has 6 nitrogen and oxygen atoms in total. The van der Waals surface area contributed by atoms with E-state index in [-0.39, 0.29) is 17.7 Å². The summed E-state index contributed by atoms with van der Waals surface area (Å²) in [7, 11) is 0. The highest BCUT2D eigenvalue weighted by atomic mass is 16.2. The molecule has 2 aromatic carbocycles. The fraction of sp³-hybridized carbons (Fsp3) is 0.318. The highest BCUT2D eigenvalue weighted by Gasteiger charge is 2.58. The molecular formula is C22H25N3O3. The quantitative estimate of drug-likeness (QED) is 0.751. The number of carbonyl (C=O) groups excluding carboxylic acids is 3. The fourth-order valence-corrected chi connectivity index (χ4v) is 3.25. The Hall–Kier alpha value is -3.15. The lowest BCUT2D eigenvalue weighted by molar-refractivity contribution is -0.132. The average Bonchev–Trinajstić information content (AvgIpc) is 3.45. The topological polar surface area (TPSA) is 78.5 Å². The molecule has 0 heterocycles. The van der Waals surface area contributed by atoms with Crippen molar-refractivity contribution in [3.05, 3.63) is 54.1 Å². The summed E-state index contributed by atoms with van der Waals surface area (Å²) in [6.07, 6.45) is 1.09. The molecule has 1 aliphatic carbocycles. The van der Waals surface area contributed by atoms with Crippen molar-refractivity contribution < 1.29 is 14.4 Å². The highest BCUT2D eigenvalue weighted by Crippen LogP contribution is 2.48. The van der Waals surface area contributed by atoms with E-state index in [2.05, 4.69) is 10.6 Å². The van der Waals surface area contributed by atoms with Crippen LogP contribution in [0.2, 0.25) is 0 Å². The van der Waals surface area contributed by atoms with Crippen LogP contribution in [0.3, 0.4) is 0 Å². The first-order valence-electron chi connectivity index (χ1n) is 9.43. The van der Waals surface area contributed by atoms with Crippen molar-refractivity contribution >= 4 is 34.8 Å². The van der Waals surface area contributed by atoms with E-state index in [0.717, 1.165) is 11.3 Å². The molecule has 1 fully saturated rings. The lowest BCUT2D eigenvalue weighted by Gasteiger charge is -2.26. The molecule has 0 saturated heterocycles. The molecule has 1 saturated carbocycles. The van der Waals surface area contributed by atoms with E-state index in [4.69, 9.17) is 0 Å². The summed E-state index contributed by atoms with van der Waals surface area (Å²) in [4.78, 5) is 38.9. The Morgan fingerprint density at radius 3 is 2.11 bits per heavy atom. The van der Waals surface area contributed by atoms with Crippen molar-refractivity contribution in [2.75, 3.05) is 22.1 Å². The van der Waals surface area contributed by atoms with E-state index in [1.807, 2.05) is 38.1 Å². The van der Waals surface area contributed by atoms with E-state index in [0.29, 0.717) is 30.8 Å². The van der Waals surface area contributed by atoms with Gasteiger partial charge in [0.1, 0.15) is 5.41 Å². The first-order valence-corrected chi connectivity index (χ1v) is 9.43. The van der Waals surface area contributed by atoms with E-state index in [1.165, 1.54) is 6.92 Å². The number of nitrogens with one attached hydrogen (secondary N) is 2. The maximum atomic E-state index is 13.2. The van der Waals surface area contributed by atoms with Gasteiger partial charge < -0.3 is 15.5 Å². The van der Waals surface area contributed by atoms with Gasteiger partial charge in [-0.25, -0.2) is 0 Å². The monoisotopic (exact) mass is 379 g/mol. The molecule has 28 heavy (non-hydrogen) atoms. The zero-order chi connectivity index (χ0) is 20.3. The Kier molecular flexibility index (Phi) is 5.49. The van der Waals surface area contributed by atoms with Gasteiger partial charge in [-0.1, -0.05) is 12.1 Å². The number of hydrogen-bond acceptors (Lipinski definition) is 3. The number of rotatable bonds is 6. The molecule has 0 bridgehead atoms. The third-order valence-corrected chi connectivity index (χ3v) is 4.93. The van der Waals surface area contributed by atoms with Gasteiger partial charge in [-0.2, -0.15) is 0 Å². The summed E-state index contributed by atoms with van der Waals surface area (Å²) in [6.45, 7) is 5.83. The van der Waals surface area contributed by atoms with Crippen molar-refractivity contribution in [1.82, 2.24) is 0 Å². The van der Waals surface area contributed by atoms with E-state index < -0.39 is 5.41 Å². The Morgan fingerprint density at radius 2 is 1.61 bits per heavy atom. The summed E-state index contributed by atoms with van der Waals surface area (Å²) >= 11 is 0. The van der Waals surface area contributed by atoms with Crippen LogP contribution in [-0.4, -0.2) is 24.3 Å². The van der Waals surface area contributed by atoms with Gasteiger partial charge in [0.25, 0.3) is 0 Å². The second-order valence-corrected chi connectivity index (χ2v) is 7.18. The van der Waals surface area contributed by atoms with Crippen LogP contribution in [0.4, 0.5) is 17.1 Å². The highest BCUT2D eigenvalue weighted by molar-refractivity contribution is 6.17. The normalized spacial score (nSPS) is 14.1. The average molecular weight is 379 g/mol. The van der Waals surface area contributed by atoms with Crippen molar-refractivity contribution in [1.29, 1.82) is 0 Å². The number of benzene rings is 2. The van der Waals surface area contributed by atoms with Crippen LogP contribution < -0.4 is 15.5 Å². The van der Waals surface area contributed by atoms with Crippen molar-refractivity contribution in [2.45, 2.75) is 33.6 Å². The maximum Gasteiger partial charge on any atom is 0.242 e. The molecule has 0 aliphatic heterocycles. The lowest BCUT2D eigenvalue weighted by atomic mass is 10.0. The van der Waals surface area contributed by atoms with Crippen LogP contribution >= 0.6 is 0 Å². The fourth-order valence-electron chi connectivity index (χ4n) is 3.25. The number of carbonyl (C=O) groups is 3. The standard InChI is InChI=1S/C22H25N3O3/c1-4-25(19-7-5-6-15(2)14-19)21(28)22(12-13-22)20(27)24-18-10-8-17(9-11-18)23-16(3)26/h5-11,14H,4,12-13H2,1-3H3,(H,23,26)(H,24,27). The Morgan fingerprint density at radius 1 is 1.00 bits per heavy atom. The number of nitrogens with zero attached hydrogens (tertiary/aromatic N) is 1. The van der Waals surface area contributed by atoms with Crippen LogP contribution in [0, 0.1) is 12.3 Å². The molecule has 146 valence electrons. The molecule has 2 N–H and O–H groups in total. The van der Waals surface area contributed by atoms with Crippen LogP contribution in [-0.2, 0) is 14.4 Å². The first-order chi connectivity index (χ1) is 13.4. The van der Waals surface area contributed by atoms with Crippen LogP contribution in [0.15, 0.2) is 48.5 Å². The second kappa shape index (κ2) is 7.84.